The number of allylic oxidation sites excluding steroid dienone is 2. The number of nitrogens with zero attached hydrogens (tertiary/aromatic N) is 1. The maximum absolute atomic E-state index is 14.1. The molecule has 208 valence electrons. The highest BCUT2D eigenvalue weighted by molar-refractivity contribution is 6.09. The summed E-state index contributed by atoms with van der Waals surface area (Å²) in [4.78, 5) is 31.3. The largest absolute Gasteiger partial charge is 0.362 e. The number of hydrogen-bond donors (Lipinski definition) is 2. The van der Waals surface area contributed by atoms with E-state index in [9.17, 15) is 9.59 Å². The van der Waals surface area contributed by atoms with E-state index in [0.717, 1.165) is 44.2 Å². The highest BCUT2D eigenvalue weighted by atomic mass is 16.2. The summed E-state index contributed by atoms with van der Waals surface area (Å²) in [6.07, 6.45) is 2.90. The Kier molecular flexibility index (Phi) is 6.27. The lowest BCUT2D eigenvalue weighted by Gasteiger charge is -2.39. The van der Waals surface area contributed by atoms with Gasteiger partial charge in [0.25, 0.3) is 5.82 Å². The number of fused-ring (bicyclic) bond motifs is 3. The van der Waals surface area contributed by atoms with Crippen LogP contribution in [0.25, 0.3) is 21.8 Å². The molecule has 3 N–H and O–H groups in total. The van der Waals surface area contributed by atoms with Crippen molar-refractivity contribution < 1.29 is 14.6 Å². The van der Waals surface area contributed by atoms with Gasteiger partial charge in [-0.15, -0.1) is 0 Å². The summed E-state index contributed by atoms with van der Waals surface area (Å²) in [5.41, 5.74) is 7.54. The van der Waals surface area contributed by atoms with E-state index in [4.69, 9.17) is 0 Å². The van der Waals surface area contributed by atoms with Crippen LogP contribution in [0, 0.1) is 12.8 Å². The van der Waals surface area contributed by atoms with Gasteiger partial charge in [0.1, 0.15) is 5.92 Å². The molecule has 1 aliphatic heterocycles. The van der Waals surface area contributed by atoms with Crippen LogP contribution in [-0.4, -0.2) is 16.3 Å². The van der Waals surface area contributed by atoms with Gasteiger partial charge in [0.15, 0.2) is 5.78 Å². The van der Waals surface area contributed by atoms with Gasteiger partial charge in [-0.1, -0.05) is 61.2 Å². The number of benzene rings is 3. The van der Waals surface area contributed by atoms with Crippen molar-refractivity contribution in [3.63, 3.8) is 0 Å². The zero-order valence-electron chi connectivity index (χ0n) is 23.8. The fourth-order valence-corrected chi connectivity index (χ4v) is 6.92. The molecule has 0 bridgehead atoms. The van der Waals surface area contributed by atoms with Crippen LogP contribution in [0.15, 0.2) is 115 Å². The van der Waals surface area contributed by atoms with Crippen LogP contribution in [-0.2, 0) is 16.6 Å². The summed E-state index contributed by atoms with van der Waals surface area (Å²) < 4.78 is 2.19. The van der Waals surface area contributed by atoms with Gasteiger partial charge in [-0.2, -0.15) is 0 Å². The Morgan fingerprint density at radius 2 is 1.69 bits per heavy atom. The van der Waals surface area contributed by atoms with Crippen LogP contribution in [0.4, 0.5) is 5.82 Å². The van der Waals surface area contributed by atoms with Crippen LogP contribution in [0.2, 0.25) is 0 Å². The van der Waals surface area contributed by atoms with Crippen molar-refractivity contribution in [3.05, 3.63) is 131 Å². The fourth-order valence-electron chi connectivity index (χ4n) is 6.92. The Labute approximate surface area is 244 Å². The Balaban J connectivity index is 1.37. The number of carbonyl (C=O) groups is 2. The molecule has 7 rings (SSSR count). The Hall–Kier alpha value is -4.97. The number of aromatic nitrogens is 2. The topological polar surface area (TPSA) is 77.3 Å². The van der Waals surface area contributed by atoms with Gasteiger partial charge in [-0.25, -0.2) is 15.1 Å². The number of carbonyl (C=O) groups excluding carboxylic acids is 2. The maximum atomic E-state index is 14.1. The number of nitrogens with one attached hydrogen (secondary N) is 3. The normalized spacial score (nSPS) is 20.5. The molecule has 3 atom stereocenters. The van der Waals surface area contributed by atoms with E-state index in [-0.39, 0.29) is 17.6 Å². The number of aromatic amines is 1. The van der Waals surface area contributed by atoms with Crippen molar-refractivity contribution in [1.29, 1.82) is 0 Å². The third kappa shape index (κ3) is 4.31. The van der Waals surface area contributed by atoms with E-state index in [2.05, 4.69) is 76.3 Å². The molecule has 3 aromatic carbocycles. The molecule has 3 heterocycles. The van der Waals surface area contributed by atoms with Crippen molar-refractivity contribution >= 4 is 39.3 Å². The molecule has 1 aliphatic carbocycles. The van der Waals surface area contributed by atoms with E-state index >= 15 is 0 Å². The lowest BCUT2D eigenvalue weighted by Crippen LogP contribution is -2.43. The zero-order chi connectivity index (χ0) is 29.0. The molecule has 6 nitrogen and oxygen atoms in total. The molecule has 5 aromatic rings. The number of ketones is 1. The molecule has 2 aliphatic rings. The van der Waals surface area contributed by atoms with Crippen molar-refractivity contribution in [1.82, 2.24) is 9.88 Å². The van der Waals surface area contributed by atoms with Crippen LogP contribution in [0.3, 0.4) is 0 Å². The van der Waals surface area contributed by atoms with Crippen LogP contribution in [0.1, 0.15) is 41.4 Å². The van der Waals surface area contributed by atoms with E-state index < -0.39 is 11.8 Å². The number of pyridine rings is 1. The number of anilines is 1. The Morgan fingerprint density at radius 1 is 0.929 bits per heavy atom. The summed E-state index contributed by atoms with van der Waals surface area (Å²) in [5, 5.41) is 8.75. The van der Waals surface area contributed by atoms with Gasteiger partial charge < -0.3 is 9.88 Å². The number of H-pyrrole nitrogens is 1. The van der Waals surface area contributed by atoms with E-state index in [1.165, 1.54) is 0 Å². The summed E-state index contributed by atoms with van der Waals surface area (Å²) in [7, 11) is 2.07. The average molecular weight is 554 g/mol. The van der Waals surface area contributed by atoms with Gasteiger partial charge in [-0.3, -0.25) is 4.79 Å². The first-order chi connectivity index (χ1) is 20.4. The highest BCUT2D eigenvalue weighted by Gasteiger charge is 2.46. The van der Waals surface area contributed by atoms with Gasteiger partial charge in [0.05, 0.1) is 6.20 Å². The molecular formula is C36H33N4O2+. The van der Waals surface area contributed by atoms with Crippen LogP contribution in [0.5, 0.6) is 0 Å². The lowest BCUT2D eigenvalue weighted by atomic mass is 9.68. The van der Waals surface area contributed by atoms with E-state index in [1.54, 1.807) is 6.20 Å². The third-order valence-electron chi connectivity index (χ3n) is 8.90. The second-order valence-electron chi connectivity index (χ2n) is 11.6. The first-order valence-electron chi connectivity index (χ1n) is 14.4. The SMILES string of the molecule is C=C1NC2=C(C(=O)CC(c3ccccc3)C2)C(c2ccc3c(c2)c2ccccc2n3C)C1C(=O)Nc1cc(C)cc[nH+]1. The second-order valence-corrected chi connectivity index (χ2v) is 11.6. The summed E-state index contributed by atoms with van der Waals surface area (Å²) in [5.74, 6) is -0.593. The summed E-state index contributed by atoms with van der Waals surface area (Å²) >= 11 is 0. The molecule has 0 fully saturated rings. The first kappa shape index (κ1) is 26.0. The van der Waals surface area contributed by atoms with Crippen molar-refractivity contribution in [2.24, 2.45) is 13.0 Å². The molecule has 0 saturated carbocycles. The minimum Gasteiger partial charge on any atom is -0.362 e. The van der Waals surface area contributed by atoms with Gasteiger partial charge >= 0.3 is 5.91 Å². The number of rotatable bonds is 4. The Bertz CT molecular complexity index is 1930. The molecule has 1 amide bonds. The number of aryl methyl sites for hydroxylation is 2. The minimum atomic E-state index is -0.678. The Morgan fingerprint density at radius 3 is 2.50 bits per heavy atom. The number of amides is 1. The fraction of sp³-hybridized carbons (Fsp3) is 0.194. The van der Waals surface area contributed by atoms with Gasteiger partial charge in [-0.05, 0) is 60.2 Å². The summed E-state index contributed by atoms with van der Waals surface area (Å²) in [6, 6.07) is 28.7. The molecule has 0 radical (unpaired) electrons. The molecular weight excluding hydrogens is 520 g/mol. The minimum absolute atomic E-state index is 0.0752. The highest BCUT2D eigenvalue weighted by Crippen LogP contribution is 2.48. The third-order valence-corrected chi connectivity index (χ3v) is 8.90. The lowest BCUT2D eigenvalue weighted by molar-refractivity contribution is -0.360. The van der Waals surface area contributed by atoms with Crippen LogP contribution < -0.4 is 15.6 Å². The van der Waals surface area contributed by atoms with Crippen molar-refractivity contribution in [2.45, 2.75) is 31.6 Å². The predicted octanol–water partition coefficient (Wildman–Crippen LogP) is 6.31. The van der Waals surface area contributed by atoms with E-state index in [0.29, 0.717) is 29.9 Å². The second kappa shape index (κ2) is 10.1. The van der Waals surface area contributed by atoms with Crippen LogP contribution >= 0.6 is 0 Å². The number of Topliss-reactive ketones (excluding diaryl/α,β-unsaturated/α-hetero) is 1. The molecule has 0 saturated heterocycles. The first-order valence-corrected chi connectivity index (χ1v) is 14.4. The smallest absolute Gasteiger partial charge is 0.317 e. The van der Waals surface area contributed by atoms with E-state index in [1.807, 2.05) is 49.4 Å². The number of hydrogen-bond acceptors (Lipinski definition) is 3. The van der Waals surface area contributed by atoms with Gasteiger partial charge in [0.2, 0.25) is 0 Å². The maximum Gasteiger partial charge on any atom is 0.317 e. The molecule has 3 unspecified atom stereocenters. The zero-order valence-corrected chi connectivity index (χ0v) is 23.8. The standard InChI is InChI=1S/C36H32N4O2/c1-21-15-16-37-32(17-21)39-36(42)33-22(2)38-28-19-25(23-9-5-4-6-10-23)20-31(41)35(28)34(33)24-13-14-30-27(18-24)26-11-7-8-12-29(26)40(30)3/h4-18,25,33-34,38H,2,19-20H2,1,3H3,(H,37,39,42)/p+1. The quantitative estimate of drug-likeness (QED) is 0.274. The monoisotopic (exact) mass is 553 g/mol. The predicted molar refractivity (Wildman–Crippen MR) is 166 cm³/mol. The molecule has 0 spiro atoms. The number of para-hydroxylation sites is 1. The molecule has 6 heteroatoms. The summed E-state index contributed by atoms with van der Waals surface area (Å²) in [6.45, 7) is 6.33. The van der Waals surface area contributed by atoms with Gasteiger partial charge in [0, 0.05) is 64.2 Å². The van der Waals surface area contributed by atoms with Crippen molar-refractivity contribution in [2.75, 3.05) is 5.32 Å². The van der Waals surface area contributed by atoms with Crippen molar-refractivity contribution in [3.8, 4) is 0 Å². The molecule has 2 aromatic heterocycles. The average Bonchev–Trinajstić information content (AvgIpc) is 3.28. The molecule has 42 heavy (non-hydrogen) atoms.